The van der Waals surface area contributed by atoms with Crippen LogP contribution < -0.4 is 10.1 Å². The van der Waals surface area contributed by atoms with Gasteiger partial charge in [-0.05, 0) is 6.07 Å². The molecule has 1 aromatic heterocycles. The fourth-order valence-corrected chi connectivity index (χ4v) is 3.99. The minimum atomic E-state index is 0. The van der Waals surface area contributed by atoms with Crippen LogP contribution >= 0.6 is 23.7 Å². The molecule has 0 spiro atoms. The number of nitrogens with one attached hydrogen (secondary N) is 1. The zero-order valence-electron chi connectivity index (χ0n) is 14.5. The Morgan fingerprint density at radius 3 is 2.88 bits per heavy atom. The lowest BCUT2D eigenvalue weighted by Crippen LogP contribution is -2.45. The molecular weight excluding hydrogens is 342 g/mol. The lowest BCUT2D eigenvalue weighted by Gasteiger charge is -2.36. The second-order valence-corrected chi connectivity index (χ2v) is 7.40. The van der Waals surface area contributed by atoms with Crippen LogP contribution in [0.4, 0.5) is 0 Å². The normalized spacial score (nSPS) is 18.4. The minimum absolute atomic E-state index is 0. The first-order chi connectivity index (χ1) is 11.2. The molecule has 2 heterocycles. The van der Waals surface area contributed by atoms with Gasteiger partial charge in [0.05, 0.1) is 18.2 Å². The number of hydrogen-bond donors (Lipinski definition) is 1. The molecule has 1 unspecified atom stereocenters. The highest BCUT2D eigenvalue weighted by Gasteiger charge is 2.26. The fourth-order valence-electron chi connectivity index (χ4n) is 3.05. The third-order valence-corrected chi connectivity index (χ3v) is 5.56. The van der Waals surface area contributed by atoms with Crippen molar-refractivity contribution >= 4 is 23.7 Å². The molecule has 0 bridgehead atoms. The highest BCUT2D eigenvalue weighted by molar-refractivity contribution is 7.11. The largest absolute Gasteiger partial charge is 0.496 e. The Morgan fingerprint density at radius 1 is 1.38 bits per heavy atom. The summed E-state index contributed by atoms with van der Waals surface area (Å²) in [4.78, 5) is 8.44. The van der Waals surface area contributed by atoms with Crippen molar-refractivity contribution < 1.29 is 4.74 Å². The molecule has 1 aliphatic rings. The molecular formula is C18H26ClN3OS. The van der Waals surface area contributed by atoms with Crippen LogP contribution in [0.1, 0.15) is 41.3 Å². The summed E-state index contributed by atoms with van der Waals surface area (Å²) in [6.07, 6.45) is 2.04. The SMILES string of the molecule is COc1ccccc1C1CNCCN1Cc1cnc(C(C)C)s1.Cl. The van der Waals surface area contributed by atoms with Crippen molar-refractivity contribution in [3.8, 4) is 5.75 Å². The van der Waals surface area contributed by atoms with E-state index < -0.39 is 0 Å². The van der Waals surface area contributed by atoms with Crippen molar-refractivity contribution in [2.24, 2.45) is 0 Å². The molecule has 0 radical (unpaired) electrons. The van der Waals surface area contributed by atoms with Gasteiger partial charge < -0.3 is 10.1 Å². The smallest absolute Gasteiger partial charge is 0.123 e. The van der Waals surface area contributed by atoms with E-state index in [1.165, 1.54) is 15.4 Å². The highest BCUT2D eigenvalue weighted by Crippen LogP contribution is 2.32. The summed E-state index contributed by atoms with van der Waals surface area (Å²) in [5.74, 6) is 1.47. The van der Waals surface area contributed by atoms with E-state index in [9.17, 15) is 0 Å². The van der Waals surface area contributed by atoms with Gasteiger partial charge in [0, 0.05) is 48.7 Å². The van der Waals surface area contributed by atoms with Crippen molar-refractivity contribution in [1.82, 2.24) is 15.2 Å². The summed E-state index contributed by atoms with van der Waals surface area (Å²) >= 11 is 1.84. The topological polar surface area (TPSA) is 37.4 Å². The van der Waals surface area contributed by atoms with Crippen molar-refractivity contribution in [2.75, 3.05) is 26.7 Å². The van der Waals surface area contributed by atoms with E-state index in [1.807, 2.05) is 29.7 Å². The van der Waals surface area contributed by atoms with E-state index in [2.05, 4.69) is 41.2 Å². The molecule has 132 valence electrons. The number of benzene rings is 1. The maximum absolute atomic E-state index is 5.57. The Kier molecular flexibility index (Phi) is 7.04. The van der Waals surface area contributed by atoms with Crippen LogP contribution in [0.2, 0.25) is 0 Å². The van der Waals surface area contributed by atoms with Gasteiger partial charge in [-0.1, -0.05) is 32.0 Å². The van der Waals surface area contributed by atoms with Gasteiger partial charge in [0.2, 0.25) is 0 Å². The number of para-hydroxylation sites is 1. The van der Waals surface area contributed by atoms with Gasteiger partial charge in [-0.3, -0.25) is 4.90 Å². The Hall–Kier alpha value is -1.14. The summed E-state index contributed by atoms with van der Waals surface area (Å²) in [6, 6.07) is 8.68. The Bertz CT molecular complexity index is 647. The molecule has 4 nitrogen and oxygen atoms in total. The van der Waals surface area contributed by atoms with Crippen LogP contribution in [-0.2, 0) is 6.54 Å². The van der Waals surface area contributed by atoms with Gasteiger partial charge in [0.15, 0.2) is 0 Å². The molecule has 6 heteroatoms. The van der Waals surface area contributed by atoms with Crippen LogP contribution in [0.3, 0.4) is 0 Å². The quantitative estimate of drug-likeness (QED) is 0.871. The maximum atomic E-state index is 5.57. The maximum Gasteiger partial charge on any atom is 0.123 e. The van der Waals surface area contributed by atoms with Gasteiger partial charge in [-0.2, -0.15) is 0 Å². The summed E-state index contributed by atoms with van der Waals surface area (Å²) in [7, 11) is 1.75. The van der Waals surface area contributed by atoms with Gasteiger partial charge in [-0.25, -0.2) is 4.98 Å². The number of ether oxygens (including phenoxy) is 1. The second-order valence-electron chi connectivity index (χ2n) is 6.25. The van der Waals surface area contributed by atoms with Crippen LogP contribution in [0.5, 0.6) is 5.75 Å². The molecule has 1 saturated heterocycles. The van der Waals surface area contributed by atoms with Crippen molar-refractivity contribution in [2.45, 2.75) is 32.4 Å². The molecule has 1 atom stereocenters. The molecule has 24 heavy (non-hydrogen) atoms. The molecule has 1 aliphatic heterocycles. The average Bonchev–Trinajstić information content (AvgIpc) is 3.04. The summed E-state index contributed by atoms with van der Waals surface area (Å²) in [6.45, 7) is 8.38. The lowest BCUT2D eigenvalue weighted by atomic mass is 10.0. The van der Waals surface area contributed by atoms with E-state index >= 15 is 0 Å². The predicted molar refractivity (Wildman–Crippen MR) is 102 cm³/mol. The number of methoxy groups -OCH3 is 1. The van der Waals surface area contributed by atoms with Gasteiger partial charge in [0.25, 0.3) is 0 Å². The van der Waals surface area contributed by atoms with E-state index in [0.29, 0.717) is 12.0 Å². The third kappa shape index (κ3) is 4.28. The molecule has 0 amide bonds. The number of nitrogens with zero attached hydrogens (tertiary/aromatic N) is 2. The van der Waals surface area contributed by atoms with E-state index in [-0.39, 0.29) is 12.4 Å². The first-order valence-corrected chi connectivity index (χ1v) is 9.03. The Balaban J connectivity index is 0.00000208. The molecule has 1 fully saturated rings. The molecule has 1 N–H and O–H groups in total. The molecule has 1 aromatic carbocycles. The Morgan fingerprint density at radius 2 is 2.17 bits per heavy atom. The molecule has 3 rings (SSSR count). The molecule has 2 aromatic rings. The van der Waals surface area contributed by atoms with Gasteiger partial charge in [-0.15, -0.1) is 23.7 Å². The average molecular weight is 368 g/mol. The number of aromatic nitrogens is 1. The van der Waals surface area contributed by atoms with Crippen LogP contribution in [0.25, 0.3) is 0 Å². The van der Waals surface area contributed by atoms with E-state index in [1.54, 1.807) is 7.11 Å². The van der Waals surface area contributed by atoms with E-state index in [0.717, 1.165) is 31.9 Å². The number of piperazine rings is 1. The number of rotatable bonds is 5. The second kappa shape index (κ2) is 8.81. The van der Waals surface area contributed by atoms with Crippen LogP contribution in [-0.4, -0.2) is 36.6 Å². The van der Waals surface area contributed by atoms with Gasteiger partial charge >= 0.3 is 0 Å². The third-order valence-electron chi connectivity index (χ3n) is 4.28. The zero-order valence-corrected chi connectivity index (χ0v) is 16.1. The lowest BCUT2D eigenvalue weighted by molar-refractivity contribution is 0.152. The standard InChI is InChI=1S/C18H25N3OS.ClH/c1-13(2)18-20-10-14(23-18)12-21-9-8-19-11-16(21)15-6-4-5-7-17(15)22-3;/h4-7,10,13,16,19H,8-9,11-12H2,1-3H3;1H. The minimum Gasteiger partial charge on any atom is -0.496 e. The van der Waals surface area contributed by atoms with Gasteiger partial charge in [0.1, 0.15) is 5.75 Å². The monoisotopic (exact) mass is 367 g/mol. The molecule has 0 saturated carbocycles. The Labute approximate surface area is 154 Å². The number of halogens is 1. The van der Waals surface area contributed by atoms with Crippen LogP contribution in [0.15, 0.2) is 30.5 Å². The van der Waals surface area contributed by atoms with Crippen LogP contribution in [0, 0.1) is 0 Å². The first-order valence-electron chi connectivity index (χ1n) is 8.21. The zero-order chi connectivity index (χ0) is 16.2. The van der Waals surface area contributed by atoms with E-state index in [4.69, 9.17) is 4.74 Å². The molecule has 0 aliphatic carbocycles. The predicted octanol–water partition coefficient (Wildman–Crippen LogP) is 3.84. The first kappa shape index (κ1) is 19.2. The highest BCUT2D eigenvalue weighted by atomic mass is 35.5. The number of thiazole rings is 1. The van der Waals surface area contributed by atoms with Crippen molar-refractivity contribution in [1.29, 1.82) is 0 Å². The number of hydrogen-bond acceptors (Lipinski definition) is 5. The fraction of sp³-hybridized carbons (Fsp3) is 0.500. The van der Waals surface area contributed by atoms with Crippen molar-refractivity contribution in [3.63, 3.8) is 0 Å². The summed E-state index contributed by atoms with van der Waals surface area (Å²) in [5, 5.41) is 4.74. The summed E-state index contributed by atoms with van der Waals surface area (Å²) < 4.78 is 5.57. The van der Waals surface area contributed by atoms with Crippen molar-refractivity contribution in [3.05, 3.63) is 45.9 Å². The summed E-state index contributed by atoms with van der Waals surface area (Å²) in [5.41, 5.74) is 1.26.